The lowest BCUT2D eigenvalue weighted by atomic mass is 9.99. The summed E-state index contributed by atoms with van der Waals surface area (Å²) < 4.78 is 0.692. The lowest BCUT2D eigenvalue weighted by molar-refractivity contribution is -0.119. The van der Waals surface area contributed by atoms with Gasteiger partial charge in [0.05, 0.1) is 6.04 Å². The number of aromatic nitrogens is 1. The fourth-order valence-corrected chi connectivity index (χ4v) is 3.40. The van der Waals surface area contributed by atoms with Crippen LogP contribution in [0.2, 0.25) is 0 Å². The van der Waals surface area contributed by atoms with Crippen molar-refractivity contribution in [3.63, 3.8) is 0 Å². The third-order valence-electron chi connectivity index (χ3n) is 4.51. The minimum Gasteiger partial charge on any atom is -0.356 e. The highest BCUT2D eigenvalue weighted by atomic mass is 79.9. The molecule has 1 aromatic heterocycles. The molecule has 2 amide bonds. The highest BCUT2D eigenvalue weighted by molar-refractivity contribution is 9.10. The number of rotatable bonds is 4. The normalized spacial score (nSPS) is 28.9. The van der Waals surface area contributed by atoms with Gasteiger partial charge in [-0.1, -0.05) is 6.07 Å². The van der Waals surface area contributed by atoms with Crippen molar-refractivity contribution in [1.82, 2.24) is 15.6 Å². The number of fused-ring (bicyclic) bond motifs is 1. The molecule has 0 spiro atoms. The van der Waals surface area contributed by atoms with Crippen LogP contribution in [0.1, 0.15) is 25.3 Å². The molecular weight excluding hydrogens is 348 g/mol. The first-order valence-electron chi connectivity index (χ1n) is 7.34. The van der Waals surface area contributed by atoms with Gasteiger partial charge in [0, 0.05) is 24.9 Å². The molecule has 2 heterocycles. The van der Waals surface area contributed by atoms with Crippen LogP contribution < -0.4 is 16.0 Å². The van der Waals surface area contributed by atoms with E-state index in [0.29, 0.717) is 23.0 Å². The van der Waals surface area contributed by atoms with Crippen LogP contribution in [0.5, 0.6) is 0 Å². The minimum atomic E-state index is -0.229. The van der Waals surface area contributed by atoms with E-state index >= 15 is 0 Å². The van der Waals surface area contributed by atoms with Crippen molar-refractivity contribution in [2.75, 3.05) is 11.9 Å². The number of hydrogen-bond donors (Lipinski definition) is 3. The molecule has 3 N–H and O–H groups in total. The van der Waals surface area contributed by atoms with E-state index in [9.17, 15) is 9.59 Å². The quantitative estimate of drug-likeness (QED) is 0.702. The van der Waals surface area contributed by atoms with E-state index in [1.165, 1.54) is 6.92 Å². The molecule has 1 unspecified atom stereocenters. The van der Waals surface area contributed by atoms with Gasteiger partial charge >= 0.3 is 0 Å². The summed E-state index contributed by atoms with van der Waals surface area (Å²) in [6.45, 7) is 4.06. The fraction of sp³-hybridized carbons (Fsp3) is 0.533. The Morgan fingerprint density at radius 2 is 2.23 bits per heavy atom. The molecule has 22 heavy (non-hydrogen) atoms. The molecule has 1 aliphatic heterocycles. The number of piperidine rings is 1. The third kappa shape index (κ3) is 3.01. The Labute approximate surface area is 137 Å². The zero-order valence-electron chi connectivity index (χ0n) is 12.6. The third-order valence-corrected chi connectivity index (χ3v) is 4.95. The maximum absolute atomic E-state index is 12.4. The smallest absolute Gasteiger partial charge is 0.242 e. The second kappa shape index (κ2) is 5.62. The van der Waals surface area contributed by atoms with Crippen molar-refractivity contribution >= 4 is 33.6 Å². The van der Waals surface area contributed by atoms with E-state index in [1.807, 2.05) is 19.1 Å². The Morgan fingerprint density at radius 3 is 2.95 bits per heavy atom. The molecule has 1 aromatic rings. The first kappa shape index (κ1) is 15.4. The number of pyridine rings is 1. The summed E-state index contributed by atoms with van der Waals surface area (Å²) >= 11 is 3.31. The van der Waals surface area contributed by atoms with Gasteiger partial charge in [0.2, 0.25) is 11.8 Å². The summed E-state index contributed by atoms with van der Waals surface area (Å²) in [5, 5.41) is 9.10. The lowest BCUT2D eigenvalue weighted by Gasteiger charge is -2.17. The topological polar surface area (TPSA) is 83.1 Å². The van der Waals surface area contributed by atoms with Gasteiger partial charge in [-0.25, -0.2) is 4.98 Å². The van der Waals surface area contributed by atoms with Crippen LogP contribution >= 0.6 is 15.9 Å². The summed E-state index contributed by atoms with van der Waals surface area (Å²) in [6, 6.07) is 3.85. The van der Waals surface area contributed by atoms with Crippen molar-refractivity contribution in [3.8, 4) is 0 Å². The van der Waals surface area contributed by atoms with Gasteiger partial charge in [-0.05, 0) is 47.3 Å². The molecule has 2 fully saturated rings. The van der Waals surface area contributed by atoms with Gasteiger partial charge < -0.3 is 16.0 Å². The zero-order chi connectivity index (χ0) is 15.9. The van der Waals surface area contributed by atoms with Gasteiger partial charge in [0.15, 0.2) is 0 Å². The van der Waals surface area contributed by atoms with E-state index in [4.69, 9.17) is 0 Å². The summed E-state index contributed by atoms with van der Waals surface area (Å²) in [7, 11) is 0. The molecule has 0 radical (unpaired) electrons. The van der Waals surface area contributed by atoms with Crippen LogP contribution in [-0.2, 0) is 9.59 Å². The van der Waals surface area contributed by atoms with Crippen LogP contribution in [-0.4, -0.2) is 35.4 Å². The van der Waals surface area contributed by atoms with Crippen LogP contribution in [0, 0.1) is 12.3 Å². The van der Waals surface area contributed by atoms with Gasteiger partial charge in [0.1, 0.15) is 10.4 Å². The molecule has 1 saturated heterocycles. The van der Waals surface area contributed by atoms with Crippen molar-refractivity contribution < 1.29 is 9.59 Å². The summed E-state index contributed by atoms with van der Waals surface area (Å²) in [5.74, 6) is 0.489. The van der Waals surface area contributed by atoms with Gasteiger partial charge in [-0.15, -0.1) is 0 Å². The van der Waals surface area contributed by atoms with Crippen LogP contribution in [0.3, 0.4) is 0 Å². The molecule has 6 nitrogen and oxygen atoms in total. The average Bonchev–Trinajstić information content (AvgIpc) is 3.02. The van der Waals surface area contributed by atoms with E-state index in [0.717, 1.165) is 18.4 Å². The molecule has 3 rings (SSSR count). The number of anilines is 1. The summed E-state index contributed by atoms with van der Waals surface area (Å²) in [6.07, 6.45) is 1.77. The Bertz CT molecular complexity index is 636. The standard InChI is InChI=1S/C15H19BrN4O2/c1-8-3-4-12(16)19-13(8)20-14(22)10-5-15(6-11(15)18-10)7-17-9(2)21/h3-4,10-11,18H,5-7H2,1-2H3,(H,17,21)(H,19,20,22)/t10-,11?,15-/m0/s1. The van der Waals surface area contributed by atoms with Gasteiger partial charge in [0.25, 0.3) is 0 Å². The second-order valence-corrected chi connectivity index (χ2v) is 7.05. The molecule has 0 aromatic carbocycles. The van der Waals surface area contributed by atoms with Crippen molar-refractivity contribution in [2.24, 2.45) is 5.41 Å². The van der Waals surface area contributed by atoms with E-state index < -0.39 is 0 Å². The molecule has 118 valence electrons. The van der Waals surface area contributed by atoms with Crippen molar-refractivity contribution in [2.45, 2.75) is 38.8 Å². The predicted molar refractivity (Wildman–Crippen MR) is 86.4 cm³/mol. The Kier molecular flexibility index (Phi) is 3.94. The maximum atomic E-state index is 12.4. The molecular formula is C15H19BrN4O2. The number of nitrogens with zero attached hydrogens (tertiary/aromatic N) is 1. The number of aryl methyl sites for hydroxylation is 1. The second-order valence-electron chi connectivity index (χ2n) is 6.24. The average molecular weight is 367 g/mol. The van der Waals surface area contributed by atoms with Crippen LogP contribution in [0.25, 0.3) is 0 Å². The van der Waals surface area contributed by atoms with Crippen molar-refractivity contribution in [3.05, 3.63) is 22.3 Å². The fourth-order valence-electron chi connectivity index (χ4n) is 3.09. The maximum Gasteiger partial charge on any atom is 0.242 e. The van der Waals surface area contributed by atoms with Crippen LogP contribution in [0.15, 0.2) is 16.7 Å². The van der Waals surface area contributed by atoms with Crippen LogP contribution in [0.4, 0.5) is 5.82 Å². The number of hydrogen-bond acceptors (Lipinski definition) is 4. The Morgan fingerprint density at radius 1 is 1.45 bits per heavy atom. The molecule has 3 atom stereocenters. The first-order chi connectivity index (χ1) is 10.4. The first-order valence-corrected chi connectivity index (χ1v) is 8.13. The lowest BCUT2D eigenvalue weighted by Crippen LogP contribution is -2.38. The minimum absolute atomic E-state index is 0.0260. The van der Waals surface area contributed by atoms with E-state index in [2.05, 4.69) is 36.9 Å². The number of carbonyl (C=O) groups is 2. The Hall–Kier alpha value is -1.47. The highest BCUT2D eigenvalue weighted by Gasteiger charge is 2.61. The van der Waals surface area contributed by atoms with Crippen molar-refractivity contribution in [1.29, 1.82) is 0 Å². The highest BCUT2D eigenvalue weighted by Crippen LogP contribution is 2.54. The van der Waals surface area contributed by atoms with Gasteiger partial charge in [-0.3, -0.25) is 9.59 Å². The molecule has 2 aliphatic rings. The SMILES string of the molecule is CC(=O)NC[C@]12CC1N[C@H](C(=O)Nc1nc(Br)ccc1C)C2. The molecule has 1 saturated carbocycles. The monoisotopic (exact) mass is 366 g/mol. The number of halogens is 1. The summed E-state index contributed by atoms with van der Waals surface area (Å²) in [4.78, 5) is 27.8. The summed E-state index contributed by atoms with van der Waals surface area (Å²) in [5.41, 5.74) is 0.973. The number of nitrogens with one attached hydrogen (secondary N) is 3. The Balaban J connectivity index is 1.61. The number of carbonyl (C=O) groups excluding carboxylic acids is 2. The van der Waals surface area contributed by atoms with E-state index in [-0.39, 0.29) is 23.3 Å². The van der Waals surface area contributed by atoms with E-state index in [1.54, 1.807) is 0 Å². The zero-order valence-corrected chi connectivity index (χ0v) is 14.2. The predicted octanol–water partition coefficient (Wildman–Crippen LogP) is 1.35. The number of amides is 2. The molecule has 1 aliphatic carbocycles. The molecule has 7 heteroatoms. The molecule has 0 bridgehead atoms. The van der Waals surface area contributed by atoms with Gasteiger partial charge in [-0.2, -0.15) is 0 Å². The largest absolute Gasteiger partial charge is 0.356 e.